The van der Waals surface area contributed by atoms with Gasteiger partial charge in [-0.25, -0.2) is 0 Å². The fraction of sp³-hybridized carbons (Fsp3) is 0.412. The number of aliphatic hydroxyl groups excluding tert-OH is 1. The van der Waals surface area contributed by atoms with Crippen LogP contribution in [0.3, 0.4) is 0 Å². The molecule has 0 aliphatic carbocycles. The van der Waals surface area contributed by atoms with E-state index in [0.717, 1.165) is 29.7 Å². The summed E-state index contributed by atoms with van der Waals surface area (Å²) in [5.41, 5.74) is 2.67. The third kappa shape index (κ3) is 3.37. The molecule has 2 aromatic rings. The number of hydrogen-bond donors (Lipinski definition) is 2. The fourth-order valence-corrected chi connectivity index (χ4v) is 2.65. The molecule has 23 heavy (non-hydrogen) atoms. The third-order valence-electron chi connectivity index (χ3n) is 4.02. The molecule has 2 heterocycles. The molecular formula is C17H20N2O4. The molecule has 1 aromatic heterocycles. The Morgan fingerprint density at radius 2 is 2.30 bits per heavy atom. The number of nitrogens with one attached hydrogen (secondary N) is 1. The van der Waals surface area contributed by atoms with Crippen molar-refractivity contribution in [1.29, 1.82) is 0 Å². The maximum absolute atomic E-state index is 12.2. The molecule has 1 aliphatic heterocycles. The Hall–Kier alpha value is -2.34. The lowest BCUT2D eigenvalue weighted by Gasteiger charge is -2.13. The van der Waals surface area contributed by atoms with Crippen molar-refractivity contribution in [2.45, 2.75) is 32.2 Å². The topological polar surface area (TPSA) is 84.6 Å². The summed E-state index contributed by atoms with van der Waals surface area (Å²) < 4.78 is 10.7. The minimum atomic E-state index is -0.312. The van der Waals surface area contributed by atoms with Gasteiger partial charge in [0.05, 0.1) is 6.61 Å². The Labute approximate surface area is 134 Å². The third-order valence-corrected chi connectivity index (χ3v) is 4.02. The number of amides is 1. The van der Waals surface area contributed by atoms with Crippen LogP contribution in [-0.4, -0.2) is 35.4 Å². The van der Waals surface area contributed by atoms with Gasteiger partial charge in [-0.3, -0.25) is 4.79 Å². The van der Waals surface area contributed by atoms with Crippen molar-refractivity contribution in [3.8, 4) is 17.0 Å². The van der Waals surface area contributed by atoms with E-state index in [1.165, 1.54) is 0 Å². The smallest absolute Gasteiger partial charge is 0.290 e. The SMILES string of the molecule is CCC(CCO)NC(=O)c1cc(-c2ccc3c(c2)CCO3)no1. The van der Waals surface area contributed by atoms with E-state index in [2.05, 4.69) is 10.5 Å². The molecule has 0 radical (unpaired) electrons. The molecule has 0 fully saturated rings. The van der Waals surface area contributed by atoms with Crippen molar-refractivity contribution in [3.63, 3.8) is 0 Å². The summed E-state index contributed by atoms with van der Waals surface area (Å²) in [4.78, 5) is 12.2. The van der Waals surface area contributed by atoms with Gasteiger partial charge in [0.2, 0.25) is 5.76 Å². The second kappa shape index (κ2) is 6.83. The highest BCUT2D eigenvalue weighted by Gasteiger charge is 2.19. The molecule has 2 N–H and O–H groups in total. The summed E-state index contributed by atoms with van der Waals surface area (Å²) in [6.45, 7) is 2.70. The molecule has 0 saturated heterocycles. The standard InChI is InChI=1S/C17H20N2O4/c1-2-13(5-7-20)18-17(21)16-10-14(19-23-16)11-3-4-15-12(9-11)6-8-22-15/h3-4,9-10,13,20H,2,5-8H2,1H3,(H,18,21). The van der Waals surface area contributed by atoms with E-state index in [4.69, 9.17) is 14.4 Å². The first-order chi connectivity index (χ1) is 11.2. The number of carbonyl (C=O) groups excluding carboxylic acids is 1. The predicted octanol–water partition coefficient (Wildman–Crippen LogP) is 2.17. The first kappa shape index (κ1) is 15.6. The Balaban J connectivity index is 1.74. The summed E-state index contributed by atoms with van der Waals surface area (Å²) >= 11 is 0. The van der Waals surface area contributed by atoms with Crippen LogP contribution in [0.25, 0.3) is 11.3 Å². The number of aliphatic hydroxyl groups is 1. The van der Waals surface area contributed by atoms with E-state index < -0.39 is 0 Å². The molecule has 3 rings (SSSR count). The summed E-state index contributed by atoms with van der Waals surface area (Å²) in [5, 5.41) is 15.8. The lowest BCUT2D eigenvalue weighted by molar-refractivity contribution is 0.0892. The lowest BCUT2D eigenvalue weighted by Crippen LogP contribution is -2.34. The van der Waals surface area contributed by atoms with Crippen molar-refractivity contribution in [3.05, 3.63) is 35.6 Å². The monoisotopic (exact) mass is 316 g/mol. The minimum absolute atomic E-state index is 0.0393. The molecule has 122 valence electrons. The highest BCUT2D eigenvalue weighted by molar-refractivity contribution is 5.92. The van der Waals surface area contributed by atoms with E-state index in [0.29, 0.717) is 18.7 Å². The molecule has 6 heteroatoms. The second-order valence-corrected chi connectivity index (χ2v) is 5.59. The van der Waals surface area contributed by atoms with Gasteiger partial charge in [0.15, 0.2) is 0 Å². The average molecular weight is 316 g/mol. The van der Waals surface area contributed by atoms with Crippen molar-refractivity contribution >= 4 is 5.91 Å². The number of nitrogens with zero attached hydrogens (tertiary/aromatic N) is 1. The predicted molar refractivity (Wildman–Crippen MR) is 84.4 cm³/mol. The molecule has 1 atom stereocenters. The Kier molecular flexibility index (Phi) is 4.62. The van der Waals surface area contributed by atoms with Gasteiger partial charge in [-0.15, -0.1) is 0 Å². The van der Waals surface area contributed by atoms with Crippen LogP contribution < -0.4 is 10.1 Å². The van der Waals surface area contributed by atoms with E-state index in [1.54, 1.807) is 6.07 Å². The van der Waals surface area contributed by atoms with Crippen molar-refractivity contribution in [1.82, 2.24) is 10.5 Å². The summed E-state index contributed by atoms with van der Waals surface area (Å²) in [6.07, 6.45) is 2.15. The molecule has 1 aliphatic rings. The van der Waals surface area contributed by atoms with Gasteiger partial charge in [0.25, 0.3) is 5.91 Å². The molecule has 1 unspecified atom stereocenters. The van der Waals surface area contributed by atoms with Crippen LogP contribution in [0.1, 0.15) is 35.9 Å². The molecule has 0 bridgehead atoms. The zero-order valence-electron chi connectivity index (χ0n) is 13.0. The van der Waals surface area contributed by atoms with Gasteiger partial charge >= 0.3 is 0 Å². The van der Waals surface area contributed by atoms with Crippen LogP contribution in [0.4, 0.5) is 0 Å². The highest BCUT2D eigenvalue weighted by Crippen LogP contribution is 2.30. The Bertz CT molecular complexity index is 696. The first-order valence-electron chi connectivity index (χ1n) is 7.85. The number of fused-ring (bicyclic) bond motifs is 1. The number of ether oxygens (including phenoxy) is 1. The van der Waals surface area contributed by atoms with Gasteiger partial charge in [-0.05, 0) is 36.6 Å². The van der Waals surface area contributed by atoms with Crippen LogP contribution in [0.2, 0.25) is 0 Å². The number of carbonyl (C=O) groups is 1. The number of aromatic nitrogens is 1. The summed E-state index contributed by atoms with van der Waals surface area (Å²) in [5.74, 6) is 0.770. The lowest BCUT2D eigenvalue weighted by atomic mass is 10.1. The zero-order valence-corrected chi connectivity index (χ0v) is 13.0. The quantitative estimate of drug-likeness (QED) is 0.853. The van der Waals surface area contributed by atoms with Crippen LogP contribution in [-0.2, 0) is 6.42 Å². The van der Waals surface area contributed by atoms with Crippen molar-refractivity contribution in [2.24, 2.45) is 0 Å². The van der Waals surface area contributed by atoms with Crippen LogP contribution >= 0.6 is 0 Å². The average Bonchev–Trinajstić information content (AvgIpc) is 3.22. The number of rotatable bonds is 6. The van der Waals surface area contributed by atoms with E-state index in [1.807, 2.05) is 25.1 Å². The number of benzene rings is 1. The maximum atomic E-state index is 12.2. The van der Waals surface area contributed by atoms with Crippen LogP contribution in [0.5, 0.6) is 5.75 Å². The molecule has 1 aromatic carbocycles. The molecular weight excluding hydrogens is 296 g/mol. The van der Waals surface area contributed by atoms with E-state index >= 15 is 0 Å². The van der Waals surface area contributed by atoms with Crippen molar-refractivity contribution in [2.75, 3.05) is 13.2 Å². The summed E-state index contributed by atoms with van der Waals surface area (Å²) in [7, 11) is 0. The number of hydrogen-bond acceptors (Lipinski definition) is 5. The van der Waals surface area contributed by atoms with Crippen molar-refractivity contribution < 1.29 is 19.2 Å². The zero-order chi connectivity index (χ0) is 16.2. The fourth-order valence-electron chi connectivity index (χ4n) is 2.65. The Morgan fingerprint density at radius 1 is 1.43 bits per heavy atom. The molecule has 0 saturated carbocycles. The first-order valence-corrected chi connectivity index (χ1v) is 7.85. The molecule has 1 amide bonds. The summed E-state index contributed by atoms with van der Waals surface area (Å²) in [6, 6.07) is 7.41. The van der Waals surface area contributed by atoms with Gasteiger partial charge in [-0.1, -0.05) is 12.1 Å². The van der Waals surface area contributed by atoms with Crippen LogP contribution in [0, 0.1) is 0 Å². The highest BCUT2D eigenvalue weighted by atomic mass is 16.5. The van der Waals surface area contributed by atoms with E-state index in [9.17, 15) is 4.79 Å². The van der Waals surface area contributed by atoms with Crippen LogP contribution in [0.15, 0.2) is 28.8 Å². The van der Waals surface area contributed by atoms with Gasteiger partial charge in [0.1, 0.15) is 11.4 Å². The van der Waals surface area contributed by atoms with Gasteiger partial charge in [0, 0.05) is 30.7 Å². The molecule has 6 nitrogen and oxygen atoms in total. The van der Waals surface area contributed by atoms with E-state index in [-0.39, 0.29) is 24.3 Å². The Morgan fingerprint density at radius 3 is 3.09 bits per heavy atom. The molecule has 0 spiro atoms. The second-order valence-electron chi connectivity index (χ2n) is 5.59. The largest absolute Gasteiger partial charge is 0.493 e. The van der Waals surface area contributed by atoms with Gasteiger partial charge in [-0.2, -0.15) is 0 Å². The maximum Gasteiger partial charge on any atom is 0.290 e. The normalized spacial score (nSPS) is 14.2. The van der Waals surface area contributed by atoms with Gasteiger partial charge < -0.3 is 19.7 Å². The minimum Gasteiger partial charge on any atom is -0.493 e.